The summed E-state index contributed by atoms with van der Waals surface area (Å²) in [5, 5.41) is 3.02. The number of methoxy groups -OCH3 is 1. The summed E-state index contributed by atoms with van der Waals surface area (Å²) in [5.74, 6) is -0.307. The number of amides is 1. The second kappa shape index (κ2) is 7.44. The first kappa shape index (κ1) is 21.0. The van der Waals surface area contributed by atoms with Crippen LogP contribution in [0.25, 0.3) is 0 Å². The number of hydrogen-bond acceptors (Lipinski definition) is 7. The first-order chi connectivity index (χ1) is 14.1. The summed E-state index contributed by atoms with van der Waals surface area (Å²) in [4.78, 5) is 30.0. The zero-order valence-corrected chi connectivity index (χ0v) is 18.6. The van der Waals surface area contributed by atoms with Crippen molar-refractivity contribution in [2.45, 2.75) is 50.5 Å². The third-order valence-electron chi connectivity index (χ3n) is 5.07. The van der Waals surface area contributed by atoms with Crippen molar-refractivity contribution in [3.8, 4) is 5.75 Å². The van der Waals surface area contributed by atoms with Crippen LogP contribution in [0.5, 0.6) is 5.75 Å². The van der Waals surface area contributed by atoms with Gasteiger partial charge < -0.3 is 4.74 Å². The topological polar surface area (TPSA) is 114 Å². The van der Waals surface area contributed by atoms with E-state index in [-0.39, 0.29) is 33.4 Å². The molecule has 1 fully saturated rings. The van der Waals surface area contributed by atoms with E-state index in [2.05, 4.69) is 15.0 Å². The smallest absolute Gasteiger partial charge is 0.257 e. The van der Waals surface area contributed by atoms with Gasteiger partial charge in [0, 0.05) is 18.0 Å². The zero-order valence-electron chi connectivity index (χ0n) is 16.9. The van der Waals surface area contributed by atoms with E-state index in [1.807, 2.05) is 13.8 Å². The van der Waals surface area contributed by atoms with Gasteiger partial charge in [0.15, 0.2) is 10.9 Å². The van der Waals surface area contributed by atoms with Crippen LogP contribution in [-0.4, -0.2) is 38.2 Å². The van der Waals surface area contributed by atoms with Crippen LogP contribution in [0, 0.1) is 5.41 Å². The van der Waals surface area contributed by atoms with Gasteiger partial charge in [-0.2, -0.15) is 0 Å². The van der Waals surface area contributed by atoms with Crippen molar-refractivity contribution in [1.29, 1.82) is 0 Å². The van der Waals surface area contributed by atoms with Crippen molar-refractivity contribution >= 4 is 38.2 Å². The Hall–Kier alpha value is -2.30. The van der Waals surface area contributed by atoms with Crippen LogP contribution in [0.2, 0.25) is 0 Å². The summed E-state index contributed by atoms with van der Waals surface area (Å²) in [6, 6.07) is 4.17. The van der Waals surface area contributed by atoms with Gasteiger partial charge in [-0.05, 0) is 42.9 Å². The van der Waals surface area contributed by atoms with Gasteiger partial charge in [-0.15, -0.1) is 0 Å². The van der Waals surface area contributed by atoms with E-state index in [0.717, 1.165) is 24.2 Å². The molecule has 1 amide bonds. The van der Waals surface area contributed by atoms with Crippen molar-refractivity contribution < 1.29 is 22.7 Å². The molecule has 8 nitrogen and oxygen atoms in total. The molecule has 1 saturated carbocycles. The molecule has 2 N–H and O–H groups in total. The molecule has 0 aliphatic heterocycles. The highest BCUT2D eigenvalue weighted by molar-refractivity contribution is 7.89. The van der Waals surface area contributed by atoms with Crippen molar-refractivity contribution in [3.05, 3.63) is 34.3 Å². The second-order valence-electron chi connectivity index (χ2n) is 8.45. The molecule has 0 atom stereocenters. The molecule has 2 aromatic rings. The molecule has 1 heterocycles. The number of anilines is 1. The summed E-state index contributed by atoms with van der Waals surface area (Å²) >= 11 is 1.15. The predicted octanol–water partition coefficient (Wildman–Crippen LogP) is 3.00. The number of thiazole rings is 1. The number of rotatable bonds is 6. The van der Waals surface area contributed by atoms with Crippen LogP contribution in [0.1, 0.15) is 58.8 Å². The van der Waals surface area contributed by atoms with Gasteiger partial charge in [-0.3, -0.25) is 14.9 Å². The van der Waals surface area contributed by atoms with E-state index in [1.165, 1.54) is 25.3 Å². The molecule has 1 aromatic heterocycles. The maximum Gasteiger partial charge on any atom is 0.257 e. The first-order valence-electron chi connectivity index (χ1n) is 9.63. The number of aromatic nitrogens is 1. The van der Waals surface area contributed by atoms with Crippen LogP contribution in [-0.2, 0) is 16.4 Å². The Bertz CT molecular complexity index is 1130. The van der Waals surface area contributed by atoms with Gasteiger partial charge >= 0.3 is 0 Å². The largest absolute Gasteiger partial charge is 0.495 e. The standard InChI is InChI=1S/C20H23N3O5S2/c1-20(2)9-13-17(14(24)10-20)29-19(21-13)22-18(25)11-4-7-15(28-3)16(8-11)30(26,27)23-12-5-6-12/h4,7-8,12,23H,5-6,9-10H2,1-3H3,(H,21,22,25). The predicted molar refractivity (Wildman–Crippen MR) is 113 cm³/mol. The third-order valence-corrected chi connectivity index (χ3v) is 7.67. The van der Waals surface area contributed by atoms with Crippen molar-refractivity contribution in [2.75, 3.05) is 12.4 Å². The van der Waals surface area contributed by atoms with Crippen molar-refractivity contribution in [3.63, 3.8) is 0 Å². The number of Topliss-reactive ketones (excluding diaryl/α,β-unsaturated/α-hetero) is 1. The summed E-state index contributed by atoms with van der Waals surface area (Å²) in [5.41, 5.74) is 0.697. The minimum absolute atomic E-state index is 0.0308. The molecule has 30 heavy (non-hydrogen) atoms. The molecule has 10 heteroatoms. The highest BCUT2D eigenvalue weighted by Crippen LogP contribution is 2.38. The second-order valence-corrected chi connectivity index (χ2v) is 11.1. The quantitative estimate of drug-likeness (QED) is 0.701. The number of fused-ring (bicyclic) bond motifs is 1. The molecule has 0 radical (unpaired) electrons. The number of carbonyl (C=O) groups is 2. The number of nitrogens with zero attached hydrogens (tertiary/aromatic N) is 1. The van der Waals surface area contributed by atoms with Crippen LogP contribution in [0.15, 0.2) is 23.1 Å². The van der Waals surface area contributed by atoms with E-state index >= 15 is 0 Å². The number of sulfonamides is 1. The zero-order chi connectivity index (χ0) is 21.7. The summed E-state index contributed by atoms with van der Waals surface area (Å²) in [6.07, 6.45) is 2.71. The lowest BCUT2D eigenvalue weighted by Gasteiger charge is -2.26. The maximum absolute atomic E-state index is 12.8. The van der Waals surface area contributed by atoms with Crippen LogP contribution in [0.4, 0.5) is 5.13 Å². The van der Waals surface area contributed by atoms with E-state index in [4.69, 9.17) is 4.74 Å². The number of benzene rings is 1. The lowest BCUT2D eigenvalue weighted by Crippen LogP contribution is -2.26. The lowest BCUT2D eigenvalue weighted by atomic mass is 9.78. The van der Waals surface area contributed by atoms with Crippen molar-refractivity contribution in [2.24, 2.45) is 5.41 Å². The van der Waals surface area contributed by atoms with Crippen molar-refractivity contribution in [1.82, 2.24) is 9.71 Å². The van der Waals surface area contributed by atoms with Gasteiger partial charge in [0.1, 0.15) is 10.6 Å². The molecular weight excluding hydrogens is 426 g/mol. The van der Waals surface area contributed by atoms with E-state index in [9.17, 15) is 18.0 Å². The van der Waals surface area contributed by atoms with Crippen LogP contribution < -0.4 is 14.8 Å². The fourth-order valence-corrected chi connectivity index (χ4v) is 5.87. The Morgan fingerprint density at radius 3 is 2.67 bits per heavy atom. The maximum atomic E-state index is 12.8. The van der Waals surface area contributed by atoms with Gasteiger partial charge in [-0.25, -0.2) is 18.1 Å². The molecule has 0 saturated heterocycles. The number of hydrogen-bond donors (Lipinski definition) is 2. The Morgan fingerprint density at radius 2 is 2.00 bits per heavy atom. The van der Waals surface area contributed by atoms with E-state index < -0.39 is 15.9 Å². The van der Waals surface area contributed by atoms with Gasteiger partial charge in [-0.1, -0.05) is 25.2 Å². The molecule has 0 bridgehead atoms. The SMILES string of the molecule is COc1ccc(C(=O)Nc2nc3c(s2)C(=O)CC(C)(C)C3)cc1S(=O)(=O)NC1CC1. The lowest BCUT2D eigenvalue weighted by molar-refractivity contribution is 0.0915. The van der Waals surface area contributed by atoms with Gasteiger partial charge in [0.05, 0.1) is 17.7 Å². The molecule has 2 aliphatic carbocycles. The normalized spacial score (nSPS) is 18.0. The Balaban J connectivity index is 1.59. The highest BCUT2D eigenvalue weighted by atomic mass is 32.2. The highest BCUT2D eigenvalue weighted by Gasteiger charge is 2.34. The average molecular weight is 450 g/mol. The molecular formula is C20H23N3O5S2. The average Bonchev–Trinajstić information content (AvgIpc) is 3.37. The summed E-state index contributed by atoms with van der Waals surface area (Å²) < 4.78 is 33.1. The monoisotopic (exact) mass is 449 g/mol. The van der Waals surface area contributed by atoms with Crippen LogP contribution in [0.3, 0.4) is 0 Å². The fraction of sp³-hybridized carbons (Fsp3) is 0.450. The Morgan fingerprint density at radius 1 is 1.27 bits per heavy atom. The fourth-order valence-electron chi connectivity index (χ4n) is 3.45. The molecule has 2 aliphatic rings. The summed E-state index contributed by atoms with van der Waals surface area (Å²) in [6.45, 7) is 4.03. The van der Waals surface area contributed by atoms with E-state index in [1.54, 1.807) is 0 Å². The minimum Gasteiger partial charge on any atom is -0.495 e. The molecule has 4 rings (SSSR count). The number of nitrogens with one attached hydrogen (secondary N) is 2. The van der Waals surface area contributed by atoms with Crippen LogP contribution >= 0.6 is 11.3 Å². The molecule has 1 aromatic carbocycles. The molecule has 160 valence electrons. The minimum atomic E-state index is -3.80. The first-order valence-corrected chi connectivity index (χ1v) is 11.9. The number of ketones is 1. The molecule has 0 spiro atoms. The van der Waals surface area contributed by atoms with Gasteiger partial charge in [0.25, 0.3) is 5.91 Å². The number of carbonyl (C=O) groups excluding carboxylic acids is 2. The van der Waals surface area contributed by atoms with Gasteiger partial charge in [0.2, 0.25) is 10.0 Å². The Kier molecular flexibility index (Phi) is 5.19. The van der Waals surface area contributed by atoms with E-state index in [0.29, 0.717) is 28.5 Å². The number of ether oxygens (including phenoxy) is 1. The third kappa shape index (κ3) is 4.26. The Labute approximate surface area is 179 Å². The summed E-state index contributed by atoms with van der Waals surface area (Å²) in [7, 11) is -2.43. The molecule has 0 unspecified atom stereocenters.